The van der Waals surface area contributed by atoms with Gasteiger partial charge in [-0.3, -0.25) is 19.2 Å². The van der Waals surface area contributed by atoms with Crippen LogP contribution in [0.2, 0.25) is 0 Å². The number of halogens is 1. The van der Waals surface area contributed by atoms with Gasteiger partial charge in [0.25, 0.3) is 0 Å². The molecule has 1 aliphatic rings. The van der Waals surface area contributed by atoms with Crippen LogP contribution in [-0.4, -0.2) is 73.6 Å². The maximum absolute atomic E-state index is 11.8. The summed E-state index contributed by atoms with van der Waals surface area (Å²) in [6.07, 6.45) is -0.750. The topological polar surface area (TPSA) is 126 Å². The van der Waals surface area contributed by atoms with Gasteiger partial charge in [0.1, 0.15) is 18.8 Å². The molecule has 1 rings (SSSR count). The van der Waals surface area contributed by atoms with Crippen molar-refractivity contribution in [1.29, 1.82) is 0 Å². The number of esters is 3. The lowest BCUT2D eigenvalue weighted by Gasteiger charge is -2.44. The van der Waals surface area contributed by atoms with Gasteiger partial charge in [-0.25, -0.2) is 0 Å². The molecule has 1 heterocycles. The van der Waals surface area contributed by atoms with Crippen molar-refractivity contribution in [3.8, 4) is 0 Å². The highest BCUT2D eigenvalue weighted by Gasteiger charge is 2.51. The van der Waals surface area contributed by atoms with Crippen LogP contribution in [0.3, 0.4) is 0 Å². The Morgan fingerprint density at radius 3 is 2.03 bits per heavy atom. The molecular weight excluding hydrogens is 434 g/mol. The number of alkyl halides is 1. The second kappa shape index (κ2) is 14.2. The van der Waals surface area contributed by atoms with E-state index < -0.39 is 54.5 Å². The number of carbonyl (C=O) groups excluding carboxylic acids is 4. The van der Waals surface area contributed by atoms with Crippen LogP contribution in [0.4, 0.5) is 0 Å². The minimum atomic E-state index is -1.12. The van der Waals surface area contributed by atoms with Crippen LogP contribution in [0.15, 0.2) is 0 Å². The van der Waals surface area contributed by atoms with Crippen LogP contribution in [-0.2, 0) is 42.9 Å². The molecule has 0 radical (unpaired) electrons. The van der Waals surface area contributed by atoms with E-state index in [0.29, 0.717) is 12.5 Å². The first-order valence-corrected chi connectivity index (χ1v) is 10.8. The molecule has 0 spiro atoms. The van der Waals surface area contributed by atoms with Crippen molar-refractivity contribution in [1.82, 2.24) is 5.32 Å². The third kappa shape index (κ3) is 10.3. The van der Waals surface area contributed by atoms with Gasteiger partial charge < -0.3 is 29.0 Å². The van der Waals surface area contributed by atoms with Gasteiger partial charge in [-0.2, -0.15) is 0 Å². The summed E-state index contributed by atoms with van der Waals surface area (Å²) in [6, 6.07) is -0.942. The van der Waals surface area contributed by atoms with Crippen LogP contribution in [0.25, 0.3) is 0 Å². The highest BCUT2D eigenvalue weighted by molar-refractivity contribution is 6.17. The van der Waals surface area contributed by atoms with Gasteiger partial charge in [0.15, 0.2) is 18.5 Å². The summed E-state index contributed by atoms with van der Waals surface area (Å²) in [4.78, 5) is 46.5. The minimum Gasteiger partial charge on any atom is -0.463 e. The second-order valence-corrected chi connectivity index (χ2v) is 7.57. The number of carbonyl (C=O) groups is 4. The standard InChI is InChI=1S/C20H32ClNO9/c1-12(23)22-17-19(30-15(4)26)18(29-14(3)25)16(11-28-13(2)24)31-20(17)27-10-8-6-5-7-9-21/h16-20H,5-11H2,1-4H3,(H,22,23)/t16-,17+,18+,19+,20-/m0/s1. The van der Waals surface area contributed by atoms with Gasteiger partial charge in [0.2, 0.25) is 5.91 Å². The highest BCUT2D eigenvalue weighted by atomic mass is 35.5. The average molecular weight is 466 g/mol. The summed E-state index contributed by atoms with van der Waals surface area (Å²) in [6.45, 7) is 4.95. The molecule has 11 heteroatoms. The number of ether oxygens (including phenoxy) is 5. The number of rotatable bonds is 12. The summed E-state index contributed by atoms with van der Waals surface area (Å²) in [5, 5.41) is 2.65. The van der Waals surface area contributed by atoms with E-state index in [1.54, 1.807) is 0 Å². The van der Waals surface area contributed by atoms with Crippen molar-refractivity contribution >= 4 is 35.4 Å². The Morgan fingerprint density at radius 2 is 1.48 bits per heavy atom. The summed E-state index contributed by atoms with van der Waals surface area (Å²) < 4.78 is 27.5. The average Bonchev–Trinajstić information content (AvgIpc) is 2.66. The lowest BCUT2D eigenvalue weighted by Crippen LogP contribution is -2.66. The van der Waals surface area contributed by atoms with E-state index in [0.717, 1.165) is 25.7 Å². The normalized spacial score (nSPS) is 25.4. The van der Waals surface area contributed by atoms with Crippen molar-refractivity contribution in [3.05, 3.63) is 0 Å². The fourth-order valence-corrected chi connectivity index (χ4v) is 3.37. The third-order valence-corrected chi connectivity index (χ3v) is 4.65. The van der Waals surface area contributed by atoms with Gasteiger partial charge >= 0.3 is 17.9 Å². The first kappa shape index (κ1) is 27.1. The Bertz CT molecular complexity index is 615. The van der Waals surface area contributed by atoms with E-state index in [2.05, 4.69) is 5.32 Å². The molecule has 31 heavy (non-hydrogen) atoms. The number of nitrogens with one attached hydrogen (secondary N) is 1. The number of unbranched alkanes of at least 4 members (excludes halogenated alkanes) is 3. The fraction of sp³-hybridized carbons (Fsp3) is 0.800. The van der Waals surface area contributed by atoms with Crippen LogP contribution in [0.5, 0.6) is 0 Å². The lowest BCUT2D eigenvalue weighted by molar-refractivity contribution is -0.277. The Morgan fingerprint density at radius 1 is 0.871 bits per heavy atom. The van der Waals surface area contributed by atoms with Crippen molar-refractivity contribution in [2.45, 2.75) is 84.0 Å². The van der Waals surface area contributed by atoms with Crippen LogP contribution >= 0.6 is 11.6 Å². The first-order valence-electron chi connectivity index (χ1n) is 10.2. The van der Waals surface area contributed by atoms with E-state index in [9.17, 15) is 19.2 Å². The van der Waals surface area contributed by atoms with Crippen LogP contribution in [0.1, 0.15) is 53.4 Å². The van der Waals surface area contributed by atoms with Gasteiger partial charge in [-0.05, 0) is 12.8 Å². The van der Waals surface area contributed by atoms with E-state index in [1.807, 2.05) is 0 Å². The highest BCUT2D eigenvalue weighted by Crippen LogP contribution is 2.28. The van der Waals surface area contributed by atoms with Gasteiger partial charge in [0.05, 0.1) is 0 Å². The molecule has 178 valence electrons. The molecule has 0 bridgehead atoms. The summed E-state index contributed by atoms with van der Waals surface area (Å²) >= 11 is 5.67. The maximum atomic E-state index is 11.8. The predicted octanol–water partition coefficient (Wildman–Crippen LogP) is 1.46. The largest absolute Gasteiger partial charge is 0.463 e. The quantitative estimate of drug-likeness (QED) is 0.197. The maximum Gasteiger partial charge on any atom is 0.303 e. The fourth-order valence-electron chi connectivity index (χ4n) is 3.18. The molecule has 0 unspecified atom stereocenters. The molecule has 5 atom stereocenters. The molecule has 1 amide bonds. The van der Waals surface area contributed by atoms with Gasteiger partial charge in [0, 0.05) is 40.2 Å². The summed E-state index contributed by atoms with van der Waals surface area (Å²) in [5.74, 6) is -1.68. The number of amides is 1. The molecule has 1 saturated heterocycles. The number of hydrogen-bond acceptors (Lipinski definition) is 9. The van der Waals surface area contributed by atoms with Gasteiger partial charge in [-0.1, -0.05) is 12.8 Å². The predicted molar refractivity (Wildman–Crippen MR) is 109 cm³/mol. The molecule has 1 N–H and O–H groups in total. The number of hydrogen-bond donors (Lipinski definition) is 1. The monoisotopic (exact) mass is 465 g/mol. The van der Waals surface area contributed by atoms with E-state index in [4.69, 9.17) is 35.3 Å². The molecule has 0 aromatic heterocycles. The molecule has 10 nitrogen and oxygen atoms in total. The zero-order valence-corrected chi connectivity index (χ0v) is 19.1. The van der Waals surface area contributed by atoms with Crippen molar-refractivity contribution < 1.29 is 42.9 Å². The minimum absolute atomic E-state index is 0.257. The summed E-state index contributed by atoms with van der Waals surface area (Å²) in [7, 11) is 0. The smallest absolute Gasteiger partial charge is 0.303 e. The van der Waals surface area contributed by atoms with E-state index in [1.165, 1.54) is 27.7 Å². The zero-order chi connectivity index (χ0) is 23.4. The first-order chi connectivity index (χ1) is 14.6. The Balaban J connectivity index is 3.07. The molecule has 1 fully saturated rings. The lowest BCUT2D eigenvalue weighted by atomic mass is 9.96. The molecule has 0 saturated carbocycles. The second-order valence-electron chi connectivity index (χ2n) is 7.19. The molecule has 0 aromatic rings. The van der Waals surface area contributed by atoms with Crippen LogP contribution in [0, 0.1) is 0 Å². The Labute approximate surface area is 187 Å². The molecule has 0 aromatic carbocycles. The Kier molecular flexibility index (Phi) is 12.4. The molecular formula is C20H32ClNO9. The van der Waals surface area contributed by atoms with Gasteiger partial charge in [-0.15, -0.1) is 11.6 Å². The van der Waals surface area contributed by atoms with E-state index in [-0.39, 0.29) is 6.61 Å². The van der Waals surface area contributed by atoms with Crippen molar-refractivity contribution in [3.63, 3.8) is 0 Å². The zero-order valence-electron chi connectivity index (χ0n) is 18.4. The van der Waals surface area contributed by atoms with Crippen molar-refractivity contribution in [2.75, 3.05) is 19.1 Å². The SMILES string of the molecule is CC(=O)N[C@H]1[C@@H](OCCCCCCCl)O[C@@H](COC(C)=O)[C@@H](OC(C)=O)[C@@H]1OC(C)=O. The van der Waals surface area contributed by atoms with E-state index >= 15 is 0 Å². The summed E-state index contributed by atoms with van der Waals surface area (Å²) in [5.41, 5.74) is 0. The van der Waals surface area contributed by atoms with Crippen molar-refractivity contribution in [2.24, 2.45) is 0 Å². The molecule has 0 aliphatic carbocycles. The Hall–Kier alpha value is -1.91. The van der Waals surface area contributed by atoms with Crippen LogP contribution < -0.4 is 5.32 Å². The molecule has 1 aliphatic heterocycles. The third-order valence-electron chi connectivity index (χ3n) is 4.38.